The van der Waals surface area contributed by atoms with Crippen LogP contribution in [-0.2, 0) is 6.42 Å². The second kappa shape index (κ2) is 7.11. The van der Waals surface area contributed by atoms with Crippen molar-refractivity contribution in [1.29, 1.82) is 0 Å². The quantitative estimate of drug-likeness (QED) is 0.562. The molecule has 0 atom stereocenters. The highest BCUT2D eigenvalue weighted by Crippen LogP contribution is 2.26. The number of nitrogens with zero attached hydrogens (tertiary/aromatic N) is 2. The van der Waals surface area contributed by atoms with E-state index in [1.54, 1.807) is 0 Å². The van der Waals surface area contributed by atoms with Crippen LogP contribution in [0.15, 0.2) is 60.8 Å². The van der Waals surface area contributed by atoms with Crippen LogP contribution in [0.4, 0.5) is 5.69 Å². The first-order valence-electron chi connectivity index (χ1n) is 9.14. The number of rotatable bonds is 5. The van der Waals surface area contributed by atoms with E-state index in [4.69, 9.17) is 4.74 Å². The summed E-state index contributed by atoms with van der Waals surface area (Å²) in [5.41, 5.74) is 2.75. The molecule has 0 saturated carbocycles. The number of nitrogens with one attached hydrogen (secondary N) is 1. The van der Waals surface area contributed by atoms with Gasteiger partial charge in [-0.2, -0.15) is 0 Å². The Hall–Kier alpha value is -3.34. The first-order valence-corrected chi connectivity index (χ1v) is 9.14. The third kappa shape index (κ3) is 3.01. The Morgan fingerprint density at radius 2 is 1.89 bits per heavy atom. The van der Waals surface area contributed by atoms with Crippen LogP contribution >= 0.6 is 0 Å². The first kappa shape index (κ1) is 17.1. The summed E-state index contributed by atoms with van der Waals surface area (Å²) >= 11 is 0. The fourth-order valence-electron chi connectivity index (χ4n) is 3.36. The Morgan fingerprint density at radius 3 is 2.70 bits per heavy atom. The number of benzene rings is 2. The number of ether oxygens (including phenoxy) is 1. The van der Waals surface area contributed by atoms with Crippen LogP contribution in [0.25, 0.3) is 16.4 Å². The van der Waals surface area contributed by atoms with Crippen LogP contribution in [-0.4, -0.2) is 21.9 Å². The maximum atomic E-state index is 13.2. The van der Waals surface area contributed by atoms with Crippen molar-refractivity contribution in [2.45, 2.75) is 20.3 Å². The molecule has 0 fully saturated rings. The van der Waals surface area contributed by atoms with Gasteiger partial charge in [0.1, 0.15) is 5.69 Å². The van der Waals surface area contributed by atoms with Crippen LogP contribution in [0.3, 0.4) is 0 Å². The smallest absolute Gasteiger partial charge is 0.274 e. The lowest BCUT2D eigenvalue weighted by molar-refractivity contribution is 0.102. The molecule has 0 spiro atoms. The number of anilines is 1. The standard InChI is InChI=1S/C22H21N3O2/c1-3-17-20(25-14-8-13-19(27-4-2)21(25)23-17)22(26)24-18-12-7-10-15-9-5-6-11-16(15)18/h5-14H,3-4H2,1-2H3,(H,24,26). The van der Waals surface area contributed by atoms with Crippen molar-refractivity contribution in [3.05, 3.63) is 72.2 Å². The molecule has 5 heteroatoms. The summed E-state index contributed by atoms with van der Waals surface area (Å²) in [6, 6.07) is 17.6. The number of imidazole rings is 1. The predicted octanol–water partition coefficient (Wildman–Crippen LogP) is 4.70. The molecule has 1 N–H and O–H groups in total. The zero-order chi connectivity index (χ0) is 18.8. The minimum Gasteiger partial charge on any atom is -0.490 e. The molecular formula is C22H21N3O2. The summed E-state index contributed by atoms with van der Waals surface area (Å²) in [7, 11) is 0. The van der Waals surface area contributed by atoms with Gasteiger partial charge in [-0.25, -0.2) is 4.98 Å². The zero-order valence-corrected chi connectivity index (χ0v) is 15.4. The fraction of sp³-hybridized carbons (Fsp3) is 0.182. The van der Waals surface area contributed by atoms with Gasteiger partial charge in [-0.3, -0.25) is 9.20 Å². The van der Waals surface area contributed by atoms with Crippen LogP contribution in [0.2, 0.25) is 0 Å². The van der Waals surface area contributed by atoms with Crippen LogP contribution in [0, 0.1) is 0 Å². The summed E-state index contributed by atoms with van der Waals surface area (Å²) in [5, 5.41) is 5.16. The van der Waals surface area contributed by atoms with Gasteiger partial charge in [0.15, 0.2) is 11.4 Å². The SMILES string of the molecule is CCOc1cccn2c(C(=O)Nc3cccc4ccccc34)c(CC)nc12. The highest BCUT2D eigenvalue weighted by Gasteiger charge is 2.20. The van der Waals surface area contributed by atoms with Gasteiger partial charge in [-0.05, 0) is 36.9 Å². The van der Waals surface area contributed by atoms with Gasteiger partial charge in [0.05, 0.1) is 12.3 Å². The monoisotopic (exact) mass is 359 g/mol. The maximum Gasteiger partial charge on any atom is 0.274 e. The number of hydrogen-bond acceptors (Lipinski definition) is 3. The Kier molecular flexibility index (Phi) is 4.50. The summed E-state index contributed by atoms with van der Waals surface area (Å²) in [6.07, 6.45) is 2.51. The largest absolute Gasteiger partial charge is 0.490 e. The van der Waals surface area contributed by atoms with E-state index in [1.807, 2.05) is 79.0 Å². The molecule has 0 aliphatic heterocycles. The molecule has 4 aromatic rings. The van der Waals surface area contributed by atoms with Crippen molar-refractivity contribution in [3.63, 3.8) is 0 Å². The Bertz CT molecular complexity index is 1130. The Morgan fingerprint density at radius 1 is 1.07 bits per heavy atom. The minimum atomic E-state index is -0.177. The number of fused-ring (bicyclic) bond motifs is 2. The summed E-state index contributed by atoms with van der Waals surface area (Å²) in [4.78, 5) is 17.8. The van der Waals surface area contributed by atoms with Crippen LogP contribution < -0.4 is 10.1 Å². The average molecular weight is 359 g/mol. The molecule has 0 aliphatic carbocycles. The molecule has 0 bridgehead atoms. The van der Waals surface area contributed by atoms with Crippen LogP contribution in [0.1, 0.15) is 30.0 Å². The second-order valence-corrected chi connectivity index (χ2v) is 6.24. The van der Waals surface area contributed by atoms with Crippen molar-refractivity contribution in [3.8, 4) is 5.75 Å². The molecular weight excluding hydrogens is 338 g/mol. The molecule has 5 nitrogen and oxygen atoms in total. The number of carbonyl (C=O) groups is 1. The highest BCUT2D eigenvalue weighted by atomic mass is 16.5. The molecule has 27 heavy (non-hydrogen) atoms. The average Bonchev–Trinajstić information content (AvgIpc) is 3.08. The van der Waals surface area contributed by atoms with E-state index in [9.17, 15) is 4.79 Å². The molecule has 4 rings (SSSR count). The molecule has 136 valence electrons. The molecule has 0 aliphatic rings. The molecule has 0 saturated heterocycles. The van der Waals surface area contributed by atoms with Gasteiger partial charge >= 0.3 is 0 Å². The molecule has 1 amide bonds. The van der Waals surface area contributed by atoms with Crippen molar-refractivity contribution in [2.24, 2.45) is 0 Å². The lowest BCUT2D eigenvalue weighted by Gasteiger charge is -2.10. The summed E-state index contributed by atoms with van der Waals surface area (Å²) in [6.45, 7) is 4.48. The number of aromatic nitrogens is 2. The number of carbonyl (C=O) groups excluding carboxylic acids is 1. The maximum absolute atomic E-state index is 13.2. The van der Waals surface area contributed by atoms with Gasteiger partial charge in [0, 0.05) is 17.3 Å². The van der Waals surface area contributed by atoms with Crippen molar-refractivity contribution in [2.75, 3.05) is 11.9 Å². The minimum absolute atomic E-state index is 0.177. The van der Waals surface area contributed by atoms with Gasteiger partial charge < -0.3 is 10.1 Å². The van der Waals surface area contributed by atoms with E-state index in [0.717, 1.165) is 22.2 Å². The molecule has 2 aromatic heterocycles. The zero-order valence-electron chi connectivity index (χ0n) is 15.4. The number of pyridine rings is 1. The highest BCUT2D eigenvalue weighted by molar-refractivity contribution is 6.09. The van der Waals surface area contributed by atoms with E-state index < -0.39 is 0 Å². The van der Waals surface area contributed by atoms with Crippen molar-refractivity contribution in [1.82, 2.24) is 9.38 Å². The Balaban J connectivity index is 1.79. The van der Waals surface area contributed by atoms with E-state index in [1.165, 1.54) is 0 Å². The van der Waals surface area contributed by atoms with E-state index >= 15 is 0 Å². The number of amides is 1. The second-order valence-electron chi connectivity index (χ2n) is 6.24. The van der Waals surface area contributed by atoms with E-state index in [2.05, 4.69) is 10.3 Å². The van der Waals surface area contributed by atoms with Crippen molar-refractivity contribution >= 4 is 28.0 Å². The van der Waals surface area contributed by atoms with Crippen molar-refractivity contribution < 1.29 is 9.53 Å². The van der Waals surface area contributed by atoms with E-state index in [-0.39, 0.29) is 5.91 Å². The molecule has 2 heterocycles. The predicted molar refractivity (Wildman–Crippen MR) is 108 cm³/mol. The van der Waals surface area contributed by atoms with Gasteiger partial charge in [0.25, 0.3) is 5.91 Å². The van der Waals surface area contributed by atoms with E-state index in [0.29, 0.717) is 30.1 Å². The van der Waals surface area contributed by atoms with Gasteiger partial charge in [0.2, 0.25) is 0 Å². The summed E-state index contributed by atoms with van der Waals surface area (Å²) in [5.74, 6) is 0.503. The van der Waals surface area contributed by atoms with Gasteiger partial charge in [-0.15, -0.1) is 0 Å². The fourth-order valence-corrected chi connectivity index (χ4v) is 3.36. The van der Waals surface area contributed by atoms with Gasteiger partial charge in [-0.1, -0.05) is 43.3 Å². The lowest BCUT2D eigenvalue weighted by atomic mass is 10.1. The number of hydrogen-bond donors (Lipinski definition) is 1. The molecule has 0 unspecified atom stereocenters. The third-order valence-corrected chi connectivity index (χ3v) is 4.57. The normalized spacial score (nSPS) is 11.0. The van der Waals surface area contributed by atoms with Crippen LogP contribution in [0.5, 0.6) is 5.75 Å². The lowest BCUT2D eigenvalue weighted by Crippen LogP contribution is -2.16. The third-order valence-electron chi connectivity index (χ3n) is 4.57. The molecule has 2 aromatic carbocycles. The topological polar surface area (TPSA) is 55.6 Å². The summed E-state index contributed by atoms with van der Waals surface area (Å²) < 4.78 is 7.48. The number of aryl methyl sites for hydroxylation is 1. The molecule has 0 radical (unpaired) electrons. The Labute approximate surface area is 157 Å². The first-order chi connectivity index (χ1) is 13.2.